The molecular weight excluding hydrogens is 674 g/mol. The molecule has 0 aliphatic carbocycles. The molecule has 4 heterocycles. The molecule has 2 fully saturated rings. The van der Waals surface area contributed by atoms with Crippen molar-refractivity contribution in [2.75, 3.05) is 64.4 Å². The number of carbonyl (C=O) groups excluding carboxylic acids is 2. The largest absolute Gasteiger partial charge is 0.494 e. The number of nitriles is 2. The van der Waals surface area contributed by atoms with E-state index < -0.39 is 11.6 Å². The highest BCUT2D eigenvalue weighted by molar-refractivity contribution is 5.97. The molecule has 0 bridgehead atoms. The molecule has 0 unspecified atom stereocenters. The lowest BCUT2D eigenvalue weighted by molar-refractivity contribution is -0.148. The molecule has 0 radical (unpaired) electrons. The van der Waals surface area contributed by atoms with E-state index in [0.29, 0.717) is 72.3 Å². The van der Waals surface area contributed by atoms with Gasteiger partial charge >= 0.3 is 11.9 Å². The molecule has 0 amide bonds. The molecule has 6 rings (SSSR count). The van der Waals surface area contributed by atoms with E-state index in [1.165, 1.54) is 53.0 Å². The van der Waals surface area contributed by atoms with Crippen molar-refractivity contribution < 1.29 is 37.3 Å². The Morgan fingerprint density at radius 2 is 1.10 bits per heavy atom. The first kappa shape index (κ1) is 37.5. The summed E-state index contributed by atoms with van der Waals surface area (Å²) >= 11 is 0. The normalized spacial score (nSPS) is 19.9. The van der Waals surface area contributed by atoms with Crippen LogP contribution in [0, 0.1) is 58.0 Å². The maximum absolute atomic E-state index is 14.6. The number of halogens is 2. The Balaban J connectivity index is 0.000000201. The molecule has 272 valence electrons. The number of fused-ring (bicyclic) bond motifs is 2. The van der Waals surface area contributed by atoms with Crippen LogP contribution in [0.25, 0.3) is 21.8 Å². The van der Waals surface area contributed by atoms with E-state index in [4.69, 9.17) is 18.9 Å². The molecule has 2 aromatic heterocycles. The minimum absolute atomic E-state index is 0.0500. The minimum Gasteiger partial charge on any atom is -0.494 e. The Morgan fingerprint density at radius 1 is 0.712 bits per heavy atom. The van der Waals surface area contributed by atoms with Crippen LogP contribution in [-0.2, 0) is 19.1 Å². The first-order valence-electron chi connectivity index (χ1n) is 16.8. The van der Waals surface area contributed by atoms with E-state index in [-0.39, 0.29) is 58.1 Å². The van der Waals surface area contributed by atoms with Crippen molar-refractivity contribution in [2.45, 2.75) is 26.7 Å². The predicted molar refractivity (Wildman–Crippen MR) is 189 cm³/mol. The molecule has 12 nitrogen and oxygen atoms in total. The van der Waals surface area contributed by atoms with Gasteiger partial charge in [-0.05, 0) is 48.9 Å². The van der Waals surface area contributed by atoms with E-state index >= 15 is 0 Å². The molecule has 2 saturated heterocycles. The molecule has 2 aliphatic rings. The van der Waals surface area contributed by atoms with Gasteiger partial charge in [-0.1, -0.05) is 13.8 Å². The van der Waals surface area contributed by atoms with Crippen molar-refractivity contribution in [1.29, 1.82) is 10.5 Å². The predicted octanol–water partition coefficient (Wildman–Crippen LogP) is 5.78. The van der Waals surface area contributed by atoms with Gasteiger partial charge in [-0.25, -0.2) is 8.78 Å². The molecule has 4 aromatic rings. The molecule has 2 aromatic carbocycles. The van der Waals surface area contributed by atoms with Gasteiger partial charge in [0.05, 0.1) is 62.8 Å². The Morgan fingerprint density at radius 3 is 1.40 bits per heavy atom. The second-order valence-corrected chi connectivity index (χ2v) is 12.9. The summed E-state index contributed by atoms with van der Waals surface area (Å²) in [6.07, 6.45) is 4.00. The Labute approximate surface area is 300 Å². The van der Waals surface area contributed by atoms with Crippen LogP contribution in [0.4, 0.5) is 20.2 Å². The monoisotopic (exact) mass is 714 g/mol. The van der Waals surface area contributed by atoms with Crippen LogP contribution in [0.1, 0.15) is 37.8 Å². The van der Waals surface area contributed by atoms with Gasteiger partial charge in [0.25, 0.3) is 0 Å². The number of anilines is 2. The number of rotatable bonds is 6. The fourth-order valence-corrected chi connectivity index (χ4v) is 7.26. The zero-order valence-corrected chi connectivity index (χ0v) is 29.9. The van der Waals surface area contributed by atoms with E-state index in [0.717, 1.165) is 0 Å². The number of carbonyl (C=O) groups is 2. The zero-order chi connectivity index (χ0) is 37.7. The number of hydrogen-bond donors (Lipinski definition) is 0. The number of aromatic nitrogens is 2. The third kappa shape index (κ3) is 7.06. The second-order valence-electron chi connectivity index (χ2n) is 12.9. The number of pyridine rings is 2. The SMILES string of the molecule is COC(=O)[C@@H]1CCN(c2c(C#N)cnc3c(F)c(OC)ccc23)C[C@@H]1C.COC(=O)[C@H]1CCN(c2c(C#N)cnc3c(F)c(OC)ccc23)C[C@H]1C. The summed E-state index contributed by atoms with van der Waals surface area (Å²) in [4.78, 5) is 36.1. The number of methoxy groups -OCH3 is 4. The van der Waals surface area contributed by atoms with Crippen LogP contribution in [-0.4, -0.2) is 76.5 Å². The molecule has 2 aliphatic heterocycles. The van der Waals surface area contributed by atoms with Gasteiger partial charge in [-0.3, -0.25) is 19.6 Å². The van der Waals surface area contributed by atoms with Gasteiger partial charge in [0.2, 0.25) is 0 Å². The van der Waals surface area contributed by atoms with Crippen molar-refractivity contribution in [3.63, 3.8) is 0 Å². The molecule has 14 heteroatoms. The van der Waals surface area contributed by atoms with Gasteiger partial charge in [0.15, 0.2) is 23.1 Å². The van der Waals surface area contributed by atoms with E-state index in [1.54, 1.807) is 12.1 Å². The third-order valence-electron chi connectivity index (χ3n) is 9.96. The van der Waals surface area contributed by atoms with Gasteiger partial charge in [0, 0.05) is 49.3 Å². The highest BCUT2D eigenvalue weighted by atomic mass is 19.1. The fourth-order valence-electron chi connectivity index (χ4n) is 7.26. The zero-order valence-electron chi connectivity index (χ0n) is 29.9. The van der Waals surface area contributed by atoms with Crippen LogP contribution in [0.3, 0.4) is 0 Å². The van der Waals surface area contributed by atoms with Crippen LogP contribution in [0.15, 0.2) is 36.7 Å². The van der Waals surface area contributed by atoms with Crippen LogP contribution < -0.4 is 19.3 Å². The maximum Gasteiger partial charge on any atom is 0.309 e. The summed E-state index contributed by atoms with van der Waals surface area (Å²) in [6.45, 7) is 6.25. The minimum atomic E-state index is -0.548. The molecule has 0 N–H and O–H groups in total. The fraction of sp³-hybridized carbons (Fsp3) is 0.421. The van der Waals surface area contributed by atoms with Gasteiger partial charge in [0.1, 0.15) is 23.2 Å². The van der Waals surface area contributed by atoms with Gasteiger partial charge in [-0.2, -0.15) is 10.5 Å². The topological polar surface area (TPSA) is 151 Å². The molecule has 4 atom stereocenters. The first-order valence-corrected chi connectivity index (χ1v) is 16.8. The highest BCUT2D eigenvalue weighted by Crippen LogP contribution is 2.39. The third-order valence-corrected chi connectivity index (χ3v) is 9.96. The average Bonchev–Trinajstić information content (AvgIpc) is 3.16. The number of hydrogen-bond acceptors (Lipinski definition) is 12. The summed E-state index contributed by atoms with van der Waals surface area (Å²) in [7, 11) is 5.58. The van der Waals surface area contributed by atoms with E-state index in [9.17, 15) is 28.9 Å². The lowest BCUT2D eigenvalue weighted by Crippen LogP contribution is -2.43. The standard InChI is InChI=1S/2C19H20FN3O3/c2*1-11-10-23(7-6-13(11)19(24)26-3)18-12(8-21)9-22-17-14(18)4-5-15(25-2)16(17)20/h2*4-5,9,11,13H,6-7,10H2,1-3H3/t2*11-,13+/m10/s1. The molecule has 52 heavy (non-hydrogen) atoms. The smallest absolute Gasteiger partial charge is 0.309 e. The van der Waals surface area contributed by atoms with E-state index in [1.807, 2.05) is 23.6 Å². The van der Waals surface area contributed by atoms with E-state index in [2.05, 4.69) is 22.1 Å². The number of nitrogens with zero attached hydrogens (tertiary/aromatic N) is 6. The number of ether oxygens (including phenoxy) is 4. The van der Waals surface area contributed by atoms with Crippen molar-refractivity contribution in [3.05, 3.63) is 59.4 Å². The summed E-state index contributed by atoms with van der Waals surface area (Å²) < 4.78 is 49.0. The summed E-state index contributed by atoms with van der Waals surface area (Å²) in [5.74, 6) is -1.55. The number of piperidine rings is 2. The highest BCUT2D eigenvalue weighted by Gasteiger charge is 2.35. The van der Waals surface area contributed by atoms with Gasteiger partial charge in [-0.15, -0.1) is 0 Å². The first-order chi connectivity index (χ1) is 25.0. The Kier molecular flexibility index (Phi) is 11.6. The summed E-state index contributed by atoms with van der Waals surface area (Å²) in [5, 5.41) is 20.1. The van der Waals surface area contributed by atoms with Crippen molar-refractivity contribution in [3.8, 4) is 23.6 Å². The van der Waals surface area contributed by atoms with Crippen molar-refractivity contribution >= 4 is 45.1 Å². The lowest BCUT2D eigenvalue weighted by atomic mass is 9.86. The maximum atomic E-state index is 14.6. The van der Waals surface area contributed by atoms with Crippen LogP contribution >= 0.6 is 0 Å². The number of esters is 2. The quantitative estimate of drug-likeness (QED) is 0.223. The Hall–Kier alpha value is -5.76. The van der Waals surface area contributed by atoms with Crippen molar-refractivity contribution in [1.82, 2.24) is 9.97 Å². The second kappa shape index (κ2) is 16.1. The molecule has 0 spiro atoms. The summed E-state index contributed by atoms with van der Waals surface area (Å²) in [6, 6.07) is 10.8. The van der Waals surface area contributed by atoms with Crippen LogP contribution in [0.5, 0.6) is 11.5 Å². The van der Waals surface area contributed by atoms with Crippen molar-refractivity contribution in [2.24, 2.45) is 23.7 Å². The lowest BCUT2D eigenvalue weighted by Gasteiger charge is -2.37. The number of benzene rings is 2. The molecule has 0 saturated carbocycles. The Bertz CT molecular complexity index is 1930. The average molecular weight is 715 g/mol. The molecular formula is C38H40F2N6O6. The van der Waals surface area contributed by atoms with Crippen LogP contribution in [0.2, 0.25) is 0 Å². The summed E-state index contributed by atoms with van der Waals surface area (Å²) in [5.41, 5.74) is 2.39. The van der Waals surface area contributed by atoms with Gasteiger partial charge < -0.3 is 28.7 Å².